The van der Waals surface area contributed by atoms with Crippen LogP contribution in [0.3, 0.4) is 0 Å². The molecule has 2 fully saturated rings. The fraction of sp³-hybridized carbons (Fsp3) is 0.909. The third-order valence-electron chi connectivity index (χ3n) is 3.65. The van der Waals surface area contributed by atoms with E-state index in [4.69, 9.17) is 5.11 Å². The molecule has 2 N–H and O–H groups in total. The van der Waals surface area contributed by atoms with Gasteiger partial charge >= 0.3 is 5.97 Å². The number of hydrogen-bond donors (Lipinski definition) is 2. The lowest BCUT2D eigenvalue weighted by atomic mass is 10.0. The van der Waals surface area contributed by atoms with E-state index in [0.29, 0.717) is 6.04 Å². The maximum Gasteiger partial charge on any atom is 0.304 e. The Morgan fingerprint density at radius 1 is 1.44 bits per heavy atom. The average molecular weight is 227 g/mol. The molecule has 0 aromatic rings. The highest BCUT2D eigenvalue weighted by Crippen LogP contribution is 2.19. The summed E-state index contributed by atoms with van der Waals surface area (Å²) in [6, 6.07) is 0.829. The van der Waals surface area contributed by atoms with Crippen LogP contribution in [0.15, 0.2) is 0 Å². The fourth-order valence-electron chi connectivity index (χ4n) is 2.51. The van der Waals surface area contributed by atoms with Crippen LogP contribution in [0.25, 0.3) is 0 Å². The van der Waals surface area contributed by atoms with Crippen LogP contribution in [0.2, 0.25) is 0 Å². The normalized spacial score (nSPS) is 26.3. The molecule has 92 valence electrons. The van der Waals surface area contributed by atoms with Gasteiger partial charge in [0.2, 0.25) is 0 Å². The molecule has 5 nitrogen and oxygen atoms in total. The summed E-state index contributed by atoms with van der Waals surface area (Å²) in [5.41, 5.74) is 0. The third kappa shape index (κ3) is 2.72. The number of hydrogen-bond acceptors (Lipinski definition) is 4. The summed E-state index contributed by atoms with van der Waals surface area (Å²) >= 11 is 0. The van der Waals surface area contributed by atoms with Crippen molar-refractivity contribution >= 4 is 5.97 Å². The van der Waals surface area contributed by atoms with Crippen molar-refractivity contribution < 1.29 is 9.90 Å². The quantitative estimate of drug-likeness (QED) is 0.674. The zero-order valence-electron chi connectivity index (χ0n) is 9.85. The molecule has 0 saturated carbocycles. The first kappa shape index (κ1) is 11.8. The topological polar surface area (TPSA) is 55.8 Å². The zero-order valence-corrected chi connectivity index (χ0v) is 9.85. The summed E-state index contributed by atoms with van der Waals surface area (Å²) in [5, 5.41) is 12.1. The summed E-state index contributed by atoms with van der Waals surface area (Å²) in [7, 11) is 0. The molecule has 2 aliphatic heterocycles. The number of likely N-dealkylation sites (tertiary alicyclic amines) is 1. The molecule has 2 saturated heterocycles. The molecule has 16 heavy (non-hydrogen) atoms. The summed E-state index contributed by atoms with van der Waals surface area (Å²) in [6.07, 6.45) is 0.258. The molecule has 1 unspecified atom stereocenters. The van der Waals surface area contributed by atoms with Crippen molar-refractivity contribution in [3.05, 3.63) is 0 Å². The van der Waals surface area contributed by atoms with Crippen molar-refractivity contribution in [1.29, 1.82) is 0 Å². The number of carbonyl (C=O) groups is 1. The first-order valence-electron chi connectivity index (χ1n) is 6.07. The average Bonchev–Trinajstić information content (AvgIpc) is 2.15. The molecule has 0 radical (unpaired) electrons. The van der Waals surface area contributed by atoms with Crippen LogP contribution in [-0.4, -0.2) is 72.2 Å². The Morgan fingerprint density at radius 3 is 2.62 bits per heavy atom. The molecule has 0 bridgehead atoms. The van der Waals surface area contributed by atoms with Crippen molar-refractivity contribution in [2.24, 2.45) is 0 Å². The van der Waals surface area contributed by atoms with E-state index in [0.717, 1.165) is 39.3 Å². The van der Waals surface area contributed by atoms with Crippen LogP contribution < -0.4 is 5.32 Å². The Balaban J connectivity index is 1.70. The molecule has 1 atom stereocenters. The van der Waals surface area contributed by atoms with E-state index in [9.17, 15) is 4.79 Å². The van der Waals surface area contributed by atoms with Gasteiger partial charge in [0.05, 0.1) is 6.42 Å². The third-order valence-corrected chi connectivity index (χ3v) is 3.65. The van der Waals surface area contributed by atoms with E-state index >= 15 is 0 Å². The monoisotopic (exact) mass is 227 g/mol. The fourth-order valence-corrected chi connectivity index (χ4v) is 2.51. The Kier molecular flexibility index (Phi) is 3.78. The second kappa shape index (κ2) is 5.12. The van der Waals surface area contributed by atoms with Gasteiger partial charge in [-0.3, -0.25) is 14.6 Å². The van der Waals surface area contributed by atoms with E-state index < -0.39 is 5.97 Å². The van der Waals surface area contributed by atoms with Gasteiger partial charge in [0.25, 0.3) is 0 Å². The molecule has 0 spiro atoms. The number of carboxylic acids is 1. The lowest BCUT2D eigenvalue weighted by Gasteiger charge is -2.49. The SMILES string of the molecule is CC(CC(=O)O)N1CC(N2CCNCC2)C1. The lowest BCUT2D eigenvalue weighted by Crippen LogP contribution is -2.64. The second-order valence-electron chi connectivity index (χ2n) is 4.84. The van der Waals surface area contributed by atoms with Crippen LogP contribution in [0.5, 0.6) is 0 Å². The largest absolute Gasteiger partial charge is 0.481 e. The number of rotatable bonds is 4. The van der Waals surface area contributed by atoms with Crippen molar-refractivity contribution in [3.63, 3.8) is 0 Å². The Morgan fingerprint density at radius 2 is 2.06 bits per heavy atom. The van der Waals surface area contributed by atoms with Gasteiger partial charge in [0.1, 0.15) is 0 Å². The lowest BCUT2D eigenvalue weighted by molar-refractivity contribution is -0.139. The number of nitrogens with zero attached hydrogens (tertiary/aromatic N) is 2. The maximum atomic E-state index is 10.6. The van der Waals surface area contributed by atoms with Crippen molar-refractivity contribution in [3.8, 4) is 0 Å². The number of aliphatic carboxylic acids is 1. The predicted octanol–water partition coefficient (Wildman–Crippen LogP) is -0.561. The van der Waals surface area contributed by atoms with Gasteiger partial charge < -0.3 is 10.4 Å². The summed E-state index contributed by atoms with van der Waals surface area (Å²) < 4.78 is 0. The van der Waals surface area contributed by atoms with Gasteiger partial charge in [-0.15, -0.1) is 0 Å². The van der Waals surface area contributed by atoms with Crippen LogP contribution in [0.1, 0.15) is 13.3 Å². The first-order chi connectivity index (χ1) is 7.66. The smallest absolute Gasteiger partial charge is 0.304 e. The molecule has 2 rings (SSSR count). The van der Waals surface area contributed by atoms with Crippen molar-refractivity contribution in [2.45, 2.75) is 25.4 Å². The van der Waals surface area contributed by atoms with Crippen LogP contribution >= 0.6 is 0 Å². The van der Waals surface area contributed by atoms with E-state index in [1.54, 1.807) is 0 Å². The van der Waals surface area contributed by atoms with Gasteiger partial charge in [0.15, 0.2) is 0 Å². The van der Waals surface area contributed by atoms with Crippen molar-refractivity contribution in [1.82, 2.24) is 15.1 Å². The predicted molar refractivity (Wildman–Crippen MR) is 61.5 cm³/mol. The standard InChI is InChI=1S/C11H21N3O2/c1-9(6-11(15)16)14-7-10(8-14)13-4-2-12-3-5-13/h9-10,12H,2-8H2,1H3,(H,15,16). The van der Waals surface area contributed by atoms with E-state index in [1.165, 1.54) is 0 Å². The van der Waals surface area contributed by atoms with Crippen LogP contribution in [0.4, 0.5) is 0 Å². The van der Waals surface area contributed by atoms with Gasteiger partial charge in [-0.25, -0.2) is 0 Å². The number of nitrogens with one attached hydrogen (secondary N) is 1. The molecule has 0 aromatic heterocycles. The minimum Gasteiger partial charge on any atom is -0.481 e. The van der Waals surface area contributed by atoms with Crippen LogP contribution in [-0.2, 0) is 4.79 Å². The highest BCUT2D eigenvalue weighted by molar-refractivity contribution is 5.67. The molecule has 0 aliphatic carbocycles. The van der Waals surface area contributed by atoms with Gasteiger partial charge in [-0.2, -0.15) is 0 Å². The Bertz CT molecular complexity index is 248. The summed E-state index contributed by atoms with van der Waals surface area (Å²) in [6.45, 7) is 8.50. The van der Waals surface area contributed by atoms with Crippen LogP contribution in [0, 0.1) is 0 Å². The highest BCUT2D eigenvalue weighted by atomic mass is 16.4. The van der Waals surface area contributed by atoms with E-state index in [-0.39, 0.29) is 12.5 Å². The van der Waals surface area contributed by atoms with E-state index in [1.807, 2.05) is 6.92 Å². The highest BCUT2D eigenvalue weighted by Gasteiger charge is 2.35. The van der Waals surface area contributed by atoms with Gasteiger partial charge in [0, 0.05) is 51.4 Å². The molecule has 0 aromatic carbocycles. The summed E-state index contributed by atoms with van der Waals surface area (Å²) in [5.74, 6) is -0.696. The van der Waals surface area contributed by atoms with Crippen molar-refractivity contribution in [2.75, 3.05) is 39.3 Å². The molecule has 5 heteroatoms. The number of carboxylic acid groups (broad SMARTS) is 1. The summed E-state index contributed by atoms with van der Waals surface area (Å²) in [4.78, 5) is 15.4. The molecular weight excluding hydrogens is 206 g/mol. The minimum absolute atomic E-state index is 0.177. The Hall–Kier alpha value is -0.650. The number of piperazine rings is 1. The molecular formula is C11H21N3O2. The van der Waals surface area contributed by atoms with E-state index in [2.05, 4.69) is 15.1 Å². The molecule has 0 amide bonds. The second-order valence-corrected chi connectivity index (χ2v) is 4.84. The van der Waals surface area contributed by atoms with Gasteiger partial charge in [-0.1, -0.05) is 0 Å². The molecule has 2 aliphatic rings. The Labute approximate surface area is 96.4 Å². The van der Waals surface area contributed by atoms with Gasteiger partial charge in [-0.05, 0) is 6.92 Å². The minimum atomic E-state index is -0.696. The first-order valence-corrected chi connectivity index (χ1v) is 6.07. The molecule has 2 heterocycles. The zero-order chi connectivity index (χ0) is 11.5. The maximum absolute atomic E-state index is 10.6.